The maximum absolute atomic E-state index is 6.03. The number of halogens is 1. The van der Waals surface area contributed by atoms with Gasteiger partial charge in [0.25, 0.3) is 0 Å². The molecule has 94 valence electrons. The van der Waals surface area contributed by atoms with Crippen LogP contribution >= 0.6 is 11.6 Å². The highest BCUT2D eigenvalue weighted by Gasteiger charge is 2.04. The summed E-state index contributed by atoms with van der Waals surface area (Å²) in [6.45, 7) is 0. The maximum Gasteiger partial charge on any atom is 0.138 e. The van der Waals surface area contributed by atoms with Gasteiger partial charge in [-0.15, -0.1) is 0 Å². The number of nitrogens with zero attached hydrogens (tertiary/aromatic N) is 2. The van der Waals surface area contributed by atoms with Crippen LogP contribution in [0.2, 0.25) is 5.02 Å². The average Bonchev–Trinajstić information content (AvgIpc) is 2.39. The SMILES string of the molecule is Nc1cc(Nc2nccc3ccc(Cl)cc23)ccn1. The van der Waals surface area contributed by atoms with E-state index in [0.29, 0.717) is 10.8 Å². The molecule has 19 heavy (non-hydrogen) atoms. The molecule has 0 amide bonds. The zero-order valence-electron chi connectivity index (χ0n) is 9.97. The van der Waals surface area contributed by atoms with Crippen LogP contribution in [0.15, 0.2) is 48.8 Å². The fraction of sp³-hybridized carbons (Fsp3) is 0. The molecule has 0 spiro atoms. The van der Waals surface area contributed by atoms with E-state index in [4.69, 9.17) is 17.3 Å². The zero-order valence-corrected chi connectivity index (χ0v) is 10.7. The Morgan fingerprint density at radius 2 is 1.84 bits per heavy atom. The van der Waals surface area contributed by atoms with Crippen LogP contribution in [-0.2, 0) is 0 Å². The van der Waals surface area contributed by atoms with Crippen LogP contribution < -0.4 is 11.1 Å². The molecule has 0 aliphatic heterocycles. The minimum absolute atomic E-state index is 0.461. The number of nitrogens with one attached hydrogen (secondary N) is 1. The van der Waals surface area contributed by atoms with Gasteiger partial charge in [0.1, 0.15) is 11.6 Å². The maximum atomic E-state index is 6.03. The first-order chi connectivity index (χ1) is 9.22. The number of anilines is 3. The Balaban J connectivity index is 2.07. The lowest BCUT2D eigenvalue weighted by Gasteiger charge is -2.09. The topological polar surface area (TPSA) is 63.8 Å². The van der Waals surface area contributed by atoms with Gasteiger partial charge < -0.3 is 11.1 Å². The van der Waals surface area contributed by atoms with E-state index in [-0.39, 0.29) is 0 Å². The van der Waals surface area contributed by atoms with Gasteiger partial charge in [-0.1, -0.05) is 17.7 Å². The molecule has 0 unspecified atom stereocenters. The summed E-state index contributed by atoms with van der Waals surface area (Å²) >= 11 is 6.03. The van der Waals surface area contributed by atoms with Crippen molar-refractivity contribution < 1.29 is 0 Å². The van der Waals surface area contributed by atoms with E-state index in [1.54, 1.807) is 18.5 Å². The normalized spacial score (nSPS) is 10.6. The van der Waals surface area contributed by atoms with Gasteiger partial charge in [-0.25, -0.2) is 9.97 Å². The van der Waals surface area contributed by atoms with Crippen molar-refractivity contribution >= 4 is 39.7 Å². The van der Waals surface area contributed by atoms with Crippen LogP contribution in [0.3, 0.4) is 0 Å². The number of hydrogen-bond donors (Lipinski definition) is 2. The van der Waals surface area contributed by atoms with E-state index >= 15 is 0 Å². The third-order valence-electron chi connectivity index (χ3n) is 2.77. The fourth-order valence-electron chi connectivity index (χ4n) is 1.90. The molecule has 0 saturated carbocycles. The summed E-state index contributed by atoms with van der Waals surface area (Å²) in [4.78, 5) is 8.30. The lowest BCUT2D eigenvalue weighted by molar-refractivity contribution is 1.31. The molecule has 0 bridgehead atoms. The van der Waals surface area contributed by atoms with Crippen molar-refractivity contribution in [2.45, 2.75) is 0 Å². The first kappa shape index (κ1) is 11.7. The van der Waals surface area contributed by atoms with Crippen LogP contribution in [0.1, 0.15) is 0 Å². The first-order valence-corrected chi connectivity index (χ1v) is 6.13. The van der Waals surface area contributed by atoms with Gasteiger partial charge in [0.15, 0.2) is 0 Å². The van der Waals surface area contributed by atoms with Gasteiger partial charge >= 0.3 is 0 Å². The molecule has 0 aliphatic rings. The Morgan fingerprint density at radius 1 is 1.00 bits per heavy atom. The van der Waals surface area contributed by atoms with Crippen LogP contribution in [0.4, 0.5) is 17.3 Å². The standard InChI is InChI=1S/C14H11ClN4/c15-10-2-1-9-3-5-18-14(12(9)7-10)19-11-4-6-17-13(16)8-11/h1-8H,(H3,16,17,18,19). The van der Waals surface area contributed by atoms with E-state index in [0.717, 1.165) is 22.3 Å². The Morgan fingerprint density at radius 3 is 2.68 bits per heavy atom. The summed E-state index contributed by atoms with van der Waals surface area (Å²) < 4.78 is 0. The predicted octanol–water partition coefficient (Wildman–Crippen LogP) is 3.61. The van der Waals surface area contributed by atoms with Crippen molar-refractivity contribution in [3.8, 4) is 0 Å². The molecule has 3 rings (SSSR count). The second kappa shape index (κ2) is 4.74. The Labute approximate surface area is 115 Å². The van der Waals surface area contributed by atoms with Gasteiger partial charge in [0.2, 0.25) is 0 Å². The highest BCUT2D eigenvalue weighted by molar-refractivity contribution is 6.31. The minimum Gasteiger partial charge on any atom is -0.384 e. The molecule has 2 aromatic heterocycles. The lowest BCUT2D eigenvalue weighted by Crippen LogP contribution is -1.96. The third-order valence-corrected chi connectivity index (χ3v) is 3.01. The largest absolute Gasteiger partial charge is 0.384 e. The van der Waals surface area contributed by atoms with Crippen molar-refractivity contribution in [1.82, 2.24) is 9.97 Å². The first-order valence-electron chi connectivity index (χ1n) is 5.75. The molecule has 1 aromatic carbocycles. The molecular formula is C14H11ClN4. The van der Waals surface area contributed by atoms with Gasteiger partial charge in [-0.2, -0.15) is 0 Å². The number of rotatable bonds is 2. The zero-order chi connectivity index (χ0) is 13.2. The molecule has 0 atom stereocenters. The molecule has 5 heteroatoms. The second-order valence-electron chi connectivity index (χ2n) is 4.12. The molecule has 4 nitrogen and oxygen atoms in total. The summed E-state index contributed by atoms with van der Waals surface area (Å²) in [5, 5.41) is 5.94. The number of fused-ring (bicyclic) bond motifs is 1. The van der Waals surface area contributed by atoms with E-state index in [1.165, 1.54) is 0 Å². The van der Waals surface area contributed by atoms with Crippen LogP contribution in [0, 0.1) is 0 Å². The van der Waals surface area contributed by atoms with Crippen molar-refractivity contribution in [3.63, 3.8) is 0 Å². The monoisotopic (exact) mass is 270 g/mol. The van der Waals surface area contributed by atoms with Crippen LogP contribution in [0.25, 0.3) is 10.8 Å². The van der Waals surface area contributed by atoms with Crippen molar-refractivity contribution in [2.24, 2.45) is 0 Å². The van der Waals surface area contributed by atoms with Crippen molar-refractivity contribution in [2.75, 3.05) is 11.1 Å². The van der Waals surface area contributed by atoms with E-state index in [9.17, 15) is 0 Å². The molecule has 0 fully saturated rings. The molecule has 3 aromatic rings. The number of benzene rings is 1. The van der Waals surface area contributed by atoms with Crippen LogP contribution in [-0.4, -0.2) is 9.97 Å². The van der Waals surface area contributed by atoms with E-state index < -0.39 is 0 Å². The number of nitrogen functional groups attached to an aromatic ring is 1. The number of aromatic nitrogens is 2. The van der Waals surface area contributed by atoms with Gasteiger partial charge in [0, 0.05) is 34.6 Å². The fourth-order valence-corrected chi connectivity index (χ4v) is 2.08. The summed E-state index contributed by atoms with van der Waals surface area (Å²) in [6, 6.07) is 11.2. The molecule has 0 aliphatic carbocycles. The summed E-state index contributed by atoms with van der Waals surface area (Å²) in [5.41, 5.74) is 6.50. The predicted molar refractivity (Wildman–Crippen MR) is 78.7 cm³/mol. The number of pyridine rings is 2. The Kier molecular flexibility index (Phi) is 2.93. The summed E-state index contributed by atoms with van der Waals surface area (Å²) in [5.74, 6) is 1.20. The average molecular weight is 271 g/mol. The highest BCUT2D eigenvalue weighted by Crippen LogP contribution is 2.27. The molecular weight excluding hydrogens is 260 g/mol. The summed E-state index contributed by atoms with van der Waals surface area (Å²) in [6.07, 6.45) is 3.40. The van der Waals surface area contributed by atoms with Gasteiger partial charge in [0.05, 0.1) is 0 Å². The van der Waals surface area contributed by atoms with Gasteiger partial charge in [-0.05, 0) is 29.7 Å². The summed E-state index contributed by atoms with van der Waals surface area (Å²) in [7, 11) is 0. The minimum atomic E-state index is 0.461. The third kappa shape index (κ3) is 2.44. The van der Waals surface area contributed by atoms with E-state index in [1.807, 2.05) is 30.3 Å². The second-order valence-corrected chi connectivity index (χ2v) is 4.56. The molecule has 0 saturated heterocycles. The highest BCUT2D eigenvalue weighted by atomic mass is 35.5. The number of nitrogens with two attached hydrogens (primary N) is 1. The Bertz CT molecular complexity index is 742. The van der Waals surface area contributed by atoms with E-state index in [2.05, 4.69) is 15.3 Å². The molecule has 2 heterocycles. The molecule has 0 radical (unpaired) electrons. The molecule has 3 N–H and O–H groups in total. The van der Waals surface area contributed by atoms with Crippen molar-refractivity contribution in [1.29, 1.82) is 0 Å². The smallest absolute Gasteiger partial charge is 0.138 e. The Hall–Kier alpha value is -2.33. The van der Waals surface area contributed by atoms with Crippen molar-refractivity contribution in [3.05, 3.63) is 53.8 Å². The van der Waals surface area contributed by atoms with Crippen LogP contribution in [0.5, 0.6) is 0 Å². The lowest BCUT2D eigenvalue weighted by atomic mass is 10.1. The number of hydrogen-bond acceptors (Lipinski definition) is 4. The van der Waals surface area contributed by atoms with Gasteiger partial charge in [-0.3, -0.25) is 0 Å². The quantitative estimate of drug-likeness (QED) is 0.747.